The quantitative estimate of drug-likeness (QED) is 0.726. The number of carbonyl (C=O) groups is 2. The molecule has 7 heteroatoms. The fourth-order valence-corrected chi connectivity index (χ4v) is 2.67. The van der Waals surface area contributed by atoms with E-state index in [0.717, 1.165) is 10.1 Å². The summed E-state index contributed by atoms with van der Waals surface area (Å²) >= 11 is 3.41. The Morgan fingerprint density at radius 1 is 1.21 bits per heavy atom. The van der Waals surface area contributed by atoms with Gasteiger partial charge in [-0.3, -0.25) is 4.79 Å². The van der Waals surface area contributed by atoms with Gasteiger partial charge in [0, 0.05) is 11.4 Å². The molecule has 0 unspecified atom stereocenters. The van der Waals surface area contributed by atoms with Crippen molar-refractivity contribution in [3.63, 3.8) is 0 Å². The van der Waals surface area contributed by atoms with Crippen LogP contribution >= 0.6 is 15.9 Å². The van der Waals surface area contributed by atoms with Crippen molar-refractivity contribution in [1.82, 2.24) is 0 Å². The maximum Gasteiger partial charge on any atom is 0.338 e. The third kappa shape index (κ3) is 4.58. The Kier molecular flexibility index (Phi) is 6.39. The summed E-state index contributed by atoms with van der Waals surface area (Å²) in [4.78, 5) is 23.8. The second-order valence-electron chi connectivity index (χ2n) is 5.31. The van der Waals surface area contributed by atoms with Gasteiger partial charge in [0.1, 0.15) is 5.75 Å². The summed E-state index contributed by atoms with van der Waals surface area (Å²) in [6, 6.07) is 6.58. The van der Waals surface area contributed by atoms with Crippen molar-refractivity contribution in [1.29, 1.82) is 0 Å². The monoisotopic (exact) mass is 398 g/mol. The molecule has 0 amide bonds. The molecule has 0 saturated carbocycles. The molecule has 2 rings (SSSR count). The first-order chi connectivity index (χ1) is 11.4. The van der Waals surface area contributed by atoms with Gasteiger partial charge in [0.25, 0.3) is 0 Å². The summed E-state index contributed by atoms with van der Waals surface area (Å²) in [7, 11) is 1.55. The molecule has 0 aromatic heterocycles. The summed E-state index contributed by atoms with van der Waals surface area (Å²) in [6.07, 6.45) is -1.42. The van der Waals surface area contributed by atoms with Crippen LogP contribution in [0.2, 0.25) is 0 Å². The molecule has 0 N–H and O–H groups in total. The lowest BCUT2D eigenvalue weighted by atomic mass is 10.1. The molecule has 1 aromatic rings. The lowest BCUT2D eigenvalue weighted by Gasteiger charge is -2.25. The van der Waals surface area contributed by atoms with E-state index in [-0.39, 0.29) is 6.61 Å². The zero-order valence-corrected chi connectivity index (χ0v) is 15.3. The second-order valence-corrected chi connectivity index (χ2v) is 6.26. The molecule has 1 heterocycles. The van der Waals surface area contributed by atoms with E-state index in [9.17, 15) is 9.59 Å². The Hall–Kier alpha value is -1.86. The van der Waals surface area contributed by atoms with Crippen LogP contribution in [0.25, 0.3) is 0 Å². The van der Waals surface area contributed by atoms with Crippen LogP contribution in [0.5, 0.6) is 5.75 Å². The van der Waals surface area contributed by atoms with Crippen LogP contribution in [0.4, 0.5) is 0 Å². The molecule has 1 aliphatic rings. The molecule has 0 aliphatic carbocycles. The smallest absolute Gasteiger partial charge is 0.338 e. The minimum absolute atomic E-state index is 0.145. The Morgan fingerprint density at radius 3 is 2.46 bits per heavy atom. The van der Waals surface area contributed by atoms with Crippen molar-refractivity contribution in [3.05, 3.63) is 39.9 Å². The van der Waals surface area contributed by atoms with Crippen molar-refractivity contribution >= 4 is 27.9 Å². The number of ether oxygens (including phenoxy) is 4. The van der Waals surface area contributed by atoms with Crippen LogP contribution in [0.1, 0.15) is 24.2 Å². The van der Waals surface area contributed by atoms with Crippen LogP contribution in [0, 0.1) is 0 Å². The van der Waals surface area contributed by atoms with Gasteiger partial charge in [0.2, 0.25) is 0 Å². The summed E-state index contributed by atoms with van der Waals surface area (Å²) in [5.41, 5.74) is 1.13. The molecule has 0 radical (unpaired) electrons. The normalized spacial score (nSPS) is 21.0. The van der Waals surface area contributed by atoms with Crippen LogP contribution < -0.4 is 4.74 Å². The van der Waals surface area contributed by atoms with Crippen LogP contribution in [0.15, 0.2) is 34.3 Å². The topological polar surface area (TPSA) is 71.1 Å². The number of carbonyl (C=O) groups excluding carboxylic acids is 2. The van der Waals surface area contributed by atoms with Gasteiger partial charge in [-0.05, 0) is 36.8 Å². The first kappa shape index (κ1) is 18.5. The number of hydrogen-bond donors (Lipinski definition) is 0. The molecule has 0 spiro atoms. The predicted octanol–water partition coefficient (Wildman–Crippen LogP) is 2.85. The standard InChI is InChI=1S/C17H19BrO6/c1-10-14(18)8-22-9-15(23-11(2)19)16(10)24-17(20)12-4-6-13(21-3)7-5-12/h4-7,15-16H,8-9H2,1-3H3/t15-,16+/m1/s1. The minimum atomic E-state index is -0.722. The molecule has 1 aliphatic heterocycles. The van der Waals surface area contributed by atoms with Crippen molar-refractivity contribution in [3.8, 4) is 5.75 Å². The van der Waals surface area contributed by atoms with Gasteiger partial charge < -0.3 is 18.9 Å². The zero-order valence-electron chi connectivity index (χ0n) is 13.7. The van der Waals surface area contributed by atoms with E-state index in [0.29, 0.717) is 17.9 Å². The van der Waals surface area contributed by atoms with Gasteiger partial charge in [-0.2, -0.15) is 0 Å². The maximum atomic E-state index is 12.4. The average Bonchev–Trinajstić information content (AvgIpc) is 2.68. The van der Waals surface area contributed by atoms with Crippen molar-refractivity contribution < 1.29 is 28.5 Å². The van der Waals surface area contributed by atoms with Gasteiger partial charge in [0.15, 0.2) is 12.2 Å². The Morgan fingerprint density at radius 2 is 1.88 bits per heavy atom. The van der Waals surface area contributed by atoms with Gasteiger partial charge in [0.05, 0.1) is 25.9 Å². The second kappa shape index (κ2) is 8.30. The highest BCUT2D eigenvalue weighted by molar-refractivity contribution is 9.11. The number of methoxy groups -OCH3 is 1. The third-order valence-electron chi connectivity index (χ3n) is 3.58. The van der Waals surface area contributed by atoms with E-state index in [1.807, 2.05) is 0 Å². The molecule has 2 atom stereocenters. The van der Waals surface area contributed by atoms with Crippen LogP contribution in [-0.2, 0) is 19.0 Å². The Labute approximate surface area is 148 Å². The van der Waals surface area contributed by atoms with Crippen LogP contribution in [-0.4, -0.2) is 44.5 Å². The largest absolute Gasteiger partial charge is 0.497 e. The van der Waals surface area contributed by atoms with Crippen molar-refractivity contribution in [2.45, 2.75) is 26.1 Å². The lowest BCUT2D eigenvalue weighted by Crippen LogP contribution is -2.38. The Balaban J connectivity index is 2.21. The predicted molar refractivity (Wildman–Crippen MR) is 90.2 cm³/mol. The SMILES string of the molecule is COc1ccc(C(=O)O[C@H]2C(C)=C(Br)COC[C@H]2OC(C)=O)cc1. The number of rotatable bonds is 4. The number of esters is 2. The van der Waals surface area contributed by atoms with Gasteiger partial charge in [-0.15, -0.1) is 0 Å². The van der Waals surface area contributed by atoms with Crippen molar-refractivity contribution in [2.75, 3.05) is 20.3 Å². The van der Waals surface area contributed by atoms with E-state index in [1.165, 1.54) is 6.92 Å². The van der Waals surface area contributed by atoms with E-state index in [4.69, 9.17) is 18.9 Å². The van der Waals surface area contributed by atoms with E-state index in [2.05, 4.69) is 15.9 Å². The summed E-state index contributed by atoms with van der Waals surface area (Å²) in [5, 5.41) is 0. The van der Waals surface area contributed by atoms with Gasteiger partial charge >= 0.3 is 11.9 Å². The molecule has 0 bridgehead atoms. The molecule has 24 heavy (non-hydrogen) atoms. The first-order valence-corrected chi connectivity index (χ1v) is 8.16. The average molecular weight is 399 g/mol. The highest BCUT2D eigenvalue weighted by Crippen LogP contribution is 2.26. The third-order valence-corrected chi connectivity index (χ3v) is 4.43. The molecule has 1 aromatic carbocycles. The molecule has 130 valence electrons. The fraction of sp³-hybridized carbons (Fsp3) is 0.412. The fourth-order valence-electron chi connectivity index (χ4n) is 2.28. The summed E-state index contributed by atoms with van der Waals surface area (Å²) in [5.74, 6) is -0.327. The molecular formula is C17H19BrO6. The molecule has 0 saturated heterocycles. The van der Waals surface area contributed by atoms with Crippen LogP contribution in [0.3, 0.4) is 0 Å². The van der Waals surface area contributed by atoms with Gasteiger partial charge in [-0.1, -0.05) is 15.9 Å². The molecule has 6 nitrogen and oxygen atoms in total. The first-order valence-electron chi connectivity index (χ1n) is 7.37. The molecular weight excluding hydrogens is 380 g/mol. The summed E-state index contributed by atoms with van der Waals surface area (Å²) < 4.78 is 22.1. The lowest BCUT2D eigenvalue weighted by molar-refractivity contribution is -0.154. The number of halogens is 1. The molecule has 0 fully saturated rings. The van der Waals surface area contributed by atoms with E-state index < -0.39 is 24.1 Å². The minimum Gasteiger partial charge on any atom is -0.497 e. The highest BCUT2D eigenvalue weighted by Gasteiger charge is 2.33. The maximum absolute atomic E-state index is 12.4. The number of hydrogen-bond acceptors (Lipinski definition) is 6. The van der Waals surface area contributed by atoms with E-state index in [1.54, 1.807) is 38.3 Å². The van der Waals surface area contributed by atoms with Crippen molar-refractivity contribution in [2.24, 2.45) is 0 Å². The highest BCUT2D eigenvalue weighted by atomic mass is 79.9. The zero-order chi connectivity index (χ0) is 17.7. The number of benzene rings is 1. The summed E-state index contributed by atoms with van der Waals surface area (Å²) in [6.45, 7) is 3.59. The van der Waals surface area contributed by atoms with Gasteiger partial charge in [-0.25, -0.2) is 4.79 Å². The Bertz CT molecular complexity index is 637. The van der Waals surface area contributed by atoms with E-state index >= 15 is 0 Å².